The van der Waals surface area contributed by atoms with Gasteiger partial charge in [0, 0.05) is 29.4 Å². The fraction of sp³-hybridized carbons (Fsp3) is 0.207. The van der Waals surface area contributed by atoms with Crippen molar-refractivity contribution >= 4 is 75.1 Å². The number of hydrogen-bond donors (Lipinski definition) is 3. The second-order valence-corrected chi connectivity index (χ2v) is 12.5. The third-order valence-electron chi connectivity index (χ3n) is 6.56. The van der Waals surface area contributed by atoms with E-state index in [9.17, 15) is 45.5 Å². The second kappa shape index (κ2) is 13.6. The normalized spacial score (nSPS) is 15.3. The van der Waals surface area contributed by atoms with Crippen molar-refractivity contribution in [2.24, 2.45) is 5.73 Å². The van der Waals surface area contributed by atoms with Crippen LogP contribution in [0.1, 0.15) is 45.6 Å². The molecule has 1 saturated heterocycles. The zero-order chi connectivity index (χ0) is 34.0. The number of anilines is 1. The minimum Gasteiger partial charge on any atom is -0.478 e. The number of halogens is 6. The van der Waals surface area contributed by atoms with Crippen LogP contribution in [-0.2, 0) is 26.7 Å². The maximum absolute atomic E-state index is 13.4. The van der Waals surface area contributed by atoms with Crippen LogP contribution in [0.25, 0.3) is 17.2 Å². The molecule has 0 unspecified atom stereocenters. The van der Waals surface area contributed by atoms with E-state index in [2.05, 4.69) is 5.32 Å². The van der Waals surface area contributed by atoms with E-state index < -0.39 is 53.2 Å². The van der Waals surface area contributed by atoms with E-state index in [-0.39, 0.29) is 56.9 Å². The number of nitrogens with two attached hydrogens (primary N) is 1. The summed E-state index contributed by atoms with van der Waals surface area (Å²) in [4.78, 5) is 50.4. The van der Waals surface area contributed by atoms with Gasteiger partial charge in [0.2, 0.25) is 11.8 Å². The van der Waals surface area contributed by atoms with Gasteiger partial charge in [-0.2, -0.15) is 26.3 Å². The molecule has 2 heterocycles. The molecule has 3 aromatic rings. The number of aromatic carboxylic acids is 1. The minimum atomic E-state index is -5.02. The molecule has 0 aliphatic carbocycles. The quantitative estimate of drug-likeness (QED) is 0.118. The van der Waals surface area contributed by atoms with E-state index >= 15 is 0 Å². The number of thioether (sulfide) groups is 1. The molecule has 0 spiro atoms. The number of carbonyl (C=O) groups is 4. The lowest BCUT2D eigenvalue weighted by molar-refractivity contribution is -0.143. The summed E-state index contributed by atoms with van der Waals surface area (Å²) in [6, 6.07) is 6.99. The van der Waals surface area contributed by atoms with Crippen LogP contribution in [0.15, 0.2) is 58.8 Å². The highest BCUT2D eigenvalue weighted by Gasteiger charge is 2.39. The number of nitrogens with zero attached hydrogens (tertiary/aromatic N) is 1. The van der Waals surface area contributed by atoms with Crippen LogP contribution in [0, 0.1) is 0 Å². The van der Waals surface area contributed by atoms with Crippen LogP contribution in [0.2, 0.25) is 0 Å². The average Bonchev–Trinajstić information content (AvgIpc) is 3.53. The summed E-state index contributed by atoms with van der Waals surface area (Å²) in [5.74, 6) is -3.05. The van der Waals surface area contributed by atoms with Gasteiger partial charge in [-0.05, 0) is 77.5 Å². The molecule has 1 aliphatic heterocycles. The number of thiophene rings is 1. The molecule has 4 rings (SSSR count). The summed E-state index contributed by atoms with van der Waals surface area (Å²) in [6.07, 6.45) is -9.19. The van der Waals surface area contributed by atoms with Gasteiger partial charge in [-0.25, -0.2) is 4.79 Å². The first kappa shape index (κ1) is 34.6. The Kier molecular flexibility index (Phi) is 10.3. The van der Waals surface area contributed by atoms with E-state index in [1.165, 1.54) is 41.8 Å². The number of carbonyl (C=O) groups excluding carboxylic acids is 3. The Bertz CT molecular complexity index is 1700. The fourth-order valence-electron chi connectivity index (χ4n) is 4.38. The first-order chi connectivity index (χ1) is 21.4. The number of alkyl halides is 6. The molecule has 1 aliphatic rings. The summed E-state index contributed by atoms with van der Waals surface area (Å²) in [7, 11) is 0. The maximum Gasteiger partial charge on any atom is 0.416 e. The van der Waals surface area contributed by atoms with E-state index in [0.717, 1.165) is 28.0 Å². The van der Waals surface area contributed by atoms with Crippen molar-refractivity contribution in [3.8, 4) is 11.1 Å². The predicted octanol–water partition coefficient (Wildman–Crippen LogP) is 7.02. The largest absolute Gasteiger partial charge is 0.478 e. The van der Waals surface area contributed by atoms with Gasteiger partial charge < -0.3 is 16.2 Å². The number of thiocarbonyl (C=S) groups is 1. The SMILES string of the molecule is NC(=O)CC[C@@H](CC(=O)Nc1ccc(C(=O)O)cc1)N1C(=O)/C(=C/c2cc(-c3cc(C(F)(F)F)cc(C(F)(F)F)c3)cs2)SC1=S. The number of rotatable bonds is 10. The molecule has 1 fully saturated rings. The lowest BCUT2D eigenvalue weighted by Crippen LogP contribution is -2.41. The molecule has 1 atom stereocenters. The summed E-state index contributed by atoms with van der Waals surface area (Å²) in [5, 5.41) is 13.0. The number of primary amides is 1. The van der Waals surface area contributed by atoms with Crippen LogP contribution in [0.5, 0.6) is 0 Å². The van der Waals surface area contributed by atoms with E-state index in [1.807, 2.05) is 0 Å². The number of hydrogen-bond acceptors (Lipinski definition) is 7. The lowest BCUT2D eigenvalue weighted by atomic mass is 10.0. The summed E-state index contributed by atoms with van der Waals surface area (Å²) in [6.45, 7) is 0. The van der Waals surface area contributed by atoms with Gasteiger partial charge in [-0.15, -0.1) is 11.3 Å². The molecule has 3 amide bonds. The molecule has 8 nitrogen and oxygen atoms in total. The van der Waals surface area contributed by atoms with Crippen LogP contribution in [0.4, 0.5) is 32.0 Å². The summed E-state index contributed by atoms with van der Waals surface area (Å²) < 4.78 is 80.1. The van der Waals surface area contributed by atoms with Crippen molar-refractivity contribution < 1.29 is 50.6 Å². The van der Waals surface area contributed by atoms with Gasteiger partial charge in [0.25, 0.3) is 5.91 Å². The van der Waals surface area contributed by atoms with Crippen molar-refractivity contribution in [1.82, 2.24) is 4.90 Å². The van der Waals surface area contributed by atoms with E-state index in [0.29, 0.717) is 17.0 Å². The smallest absolute Gasteiger partial charge is 0.416 e. The Balaban J connectivity index is 1.56. The van der Waals surface area contributed by atoms with Crippen molar-refractivity contribution in [2.45, 2.75) is 37.7 Å². The molecule has 17 heteroatoms. The highest BCUT2D eigenvalue weighted by atomic mass is 32.2. The van der Waals surface area contributed by atoms with Crippen molar-refractivity contribution in [3.63, 3.8) is 0 Å². The molecule has 0 saturated carbocycles. The van der Waals surface area contributed by atoms with Gasteiger partial charge in [-0.1, -0.05) is 24.0 Å². The third kappa shape index (κ3) is 8.52. The predicted molar refractivity (Wildman–Crippen MR) is 164 cm³/mol. The van der Waals surface area contributed by atoms with Crippen LogP contribution in [0.3, 0.4) is 0 Å². The Morgan fingerprint density at radius 3 is 2.13 bits per heavy atom. The average molecular weight is 702 g/mol. The maximum atomic E-state index is 13.4. The fourth-order valence-corrected chi connectivity index (χ4v) is 6.69. The molecule has 1 aromatic heterocycles. The van der Waals surface area contributed by atoms with Crippen molar-refractivity contribution in [2.75, 3.05) is 5.32 Å². The van der Waals surface area contributed by atoms with E-state index in [1.54, 1.807) is 0 Å². The molecule has 0 bridgehead atoms. The minimum absolute atomic E-state index is 0.000400. The zero-order valence-corrected chi connectivity index (χ0v) is 25.5. The molecule has 2 aromatic carbocycles. The van der Waals surface area contributed by atoms with Gasteiger partial charge in [0.1, 0.15) is 4.32 Å². The molecule has 0 radical (unpaired) electrons. The second-order valence-electron chi connectivity index (χ2n) is 9.88. The molecular weight excluding hydrogens is 681 g/mol. The number of carboxylic acid groups (broad SMARTS) is 1. The third-order valence-corrected chi connectivity index (χ3v) is 8.77. The Hall–Kier alpha value is -4.22. The summed E-state index contributed by atoms with van der Waals surface area (Å²) >= 11 is 7.22. The molecule has 4 N–H and O–H groups in total. The molecule has 242 valence electrons. The number of amides is 3. The van der Waals surface area contributed by atoms with Gasteiger partial charge in [0.15, 0.2) is 0 Å². The zero-order valence-electron chi connectivity index (χ0n) is 23.1. The van der Waals surface area contributed by atoms with Crippen LogP contribution in [-0.4, -0.2) is 44.1 Å². The Morgan fingerprint density at radius 2 is 1.59 bits per heavy atom. The Morgan fingerprint density at radius 1 is 0.978 bits per heavy atom. The first-order valence-corrected chi connectivity index (χ1v) is 15.1. The topological polar surface area (TPSA) is 130 Å². The first-order valence-electron chi connectivity index (χ1n) is 13.0. The van der Waals surface area contributed by atoms with Gasteiger partial charge >= 0.3 is 18.3 Å². The van der Waals surface area contributed by atoms with Gasteiger partial charge in [0.05, 0.1) is 21.6 Å². The number of benzene rings is 2. The number of carboxylic acids is 1. The lowest BCUT2D eigenvalue weighted by Gasteiger charge is -2.26. The highest BCUT2D eigenvalue weighted by molar-refractivity contribution is 8.26. The number of nitrogens with one attached hydrogen (secondary N) is 1. The van der Waals surface area contributed by atoms with Crippen LogP contribution < -0.4 is 11.1 Å². The van der Waals surface area contributed by atoms with Gasteiger partial charge in [-0.3, -0.25) is 19.3 Å². The monoisotopic (exact) mass is 701 g/mol. The van der Waals surface area contributed by atoms with Crippen molar-refractivity contribution in [1.29, 1.82) is 0 Å². The standard InChI is InChI=1S/C29H21F6N3O5S3/c30-28(31,32)17-7-15(8-18(10-17)29(33,34)35)16-9-21(45-13-16)12-22-25(41)38(27(44)46-22)20(5-6-23(36)39)11-24(40)37-19-3-1-14(2-4-19)26(42)43/h1-4,7-10,12-13,20H,5-6,11H2,(H2,36,39)(H,37,40)(H,42,43)/b22-12-/t20-/m0/s1. The van der Waals surface area contributed by atoms with Crippen LogP contribution >= 0.6 is 35.3 Å². The summed E-state index contributed by atoms with van der Waals surface area (Å²) in [5.41, 5.74) is 2.39. The molecule has 46 heavy (non-hydrogen) atoms. The highest BCUT2D eigenvalue weighted by Crippen LogP contribution is 2.41. The van der Waals surface area contributed by atoms with Crippen molar-refractivity contribution in [3.05, 3.63) is 80.4 Å². The molecular formula is C29H21F6N3O5S3. The Labute approximate surface area is 270 Å². The van der Waals surface area contributed by atoms with E-state index in [4.69, 9.17) is 23.1 Å².